The molecule has 0 aliphatic heterocycles. The molecule has 6 atom stereocenters. The molecule has 0 saturated heterocycles. The molecule has 3 fully saturated rings. The van der Waals surface area contributed by atoms with Crippen LogP contribution < -0.4 is 11.5 Å². The fourth-order valence-electron chi connectivity index (χ4n) is 8.98. The van der Waals surface area contributed by atoms with Crippen molar-refractivity contribution in [1.29, 1.82) is 0 Å². The highest BCUT2D eigenvalue weighted by molar-refractivity contribution is 7.93. The van der Waals surface area contributed by atoms with Gasteiger partial charge in [-0.05, 0) is 122 Å². The highest BCUT2D eigenvalue weighted by Gasteiger charge is 2.42. The Labute approximate surface area is 428 Å². The largest absolute Gasteiger partial charge is 0.504 e. The fraction of sp³-hybridized carbons (Fsp3) is 0.574. The van der Waals surface area contributed by atoms with E-state index in [2.05, 4.69) is 14.9 Å². The van der Waals surface area contributed by atoms with Crippen LogP contribution in [0.25, 0.3) is 22.2 Å². The van der Waals surface area contributed by atoms with Crippen molar-refractivity contribution in [2.45, 2.75) is 159 Å². The number of hydrogen-bond acceptors (Lipinski definition) is 15. The van der Waals surface area contributed by atoms with Crippen molar-refractivity contribution in [3.63, 3.8) is 0 Å². The van der Waals surface area contributed by atoms with E-state index < -0.39 is 51.0 Å². The van der Waals surface area contributed by atoms with Gasteiger partial charge in [-0.25, -0.2) is 35.2 Å². The molecule has 3 unspecified atom stereocenters. The summed E-state index contributed by atoms with van der Waals surface area (Å²) in [7, 11) is -3.03. The van der Waals surface area contributed by atoms with Crippen LogP contribution in [0.4, 0.5) is 5.69 Å². The smallest absolute Gasteiger partial charge is 0.200 e. The Hall–Kier alpha value is -2.91. The molecule has 3 saturated carbocycles. The van der Waals surface area contributed by atoms with Crippen molar-refractivity contribution in [2.75, 3.05) is 33.9 Å². The van der Waals surface area contributed by atoms with E-state index in [0.29, 0.717) is 67.8 Å². The van der Waals surface area contributed by atoms with Crippen molar-refractivity contribution >= 4 is 105 Å². The Balaban J connectivity index is 0.000000193. The molecule has 2 heterocycles. The van der Waals surface area contributed by atoms with Crippen LogP contribution in [0.5, 0.6) is 5.75 Å². The van der Waals surface area contributed by atoms with Gasteiger partial charge in [-0.1, -0.05) is 76.3 Å². The van der Waals surface area contributed by atoms with E-state index in [9.17, 15) is 30.4 Å². The minimum absolute atomic E-state index is 0. The first kappa shape index (κ1) is 57.0. The number of oxazole rings is 2. The Morgan fingerprint density at radius 3 is 1.28 bits per heavy atom. The van der Waals surface area contributed by atoms with Crippen LogP contribution in [0.1, 0.15) is 111 Å². The number of anilines is 1. The monoisotopic (exact) mass is 1090 g/mol. The number of phenols is 1. The average molecular weight is 1100 g/mol. The molecule has 22 heteroatoms. The lowest BCUT2D eigenvalue weighted by Gasteiger charge is -2.19. The molecule has 5 aromatic rings. The molecular weight excluding hydrogens is 1030 g/mol. The predicted molar refractivity (Wildman–Crippen MR) is 278 cm³/mol. The maximum absolute atomic E-state index is 13.3. The maximum Gasteiger partial charge on any atom is 0.200 e. The summed E-state index contributed by atoms with van der Waals surface area (Å²) in [6, 6.07) is 9.81. The topological polar surface area (TPSA) is 233 Å². The molecule has 8 rings (SSSR count). The Morgan fingerprint density at radius 1 is 0.580 bits per heavy atom. The summed E-state index contributed by atoms with van der Waals surface area (Å²) < 4.78 is 89.7. The third-order valence-electron chi connectivity index (χ3n) is 13.1. The Morgan fingerprint density at radius 2 is 0.928 bits per heavy atom. The lowest BCUT2D eigenvalue weighted by atomic mass is 9.97. The van der Waals surface area contributed by atoms with Crippen LogP contribution in [0, 0.1) is 0 Å². The van der Waals surface area contributed by atoms with E-state index in [0.717, 1.165) is 12.8 Å². The number of benzene rings is 3. The lowest BCUT2D eigenvalue weighted by Crippen LogP contribution is -2.27. The molecule has 3 aromatic carbocycles. The molecular formula is C47H66Cl4N6O9S3. The first-order valence-corrected chi connectivity index (χ1v) is 28.4. The van der Waals surface area contributed by atoms with E-state index in [1.54, 1.807) is 24.3 Å². The van der Waals surface area contributed by atoms with Gasteiger partial charge in [0, 0.05) is 29.0 Å². The highest BCUT2D eigenvalue weighted by atomic mass is 35.5. The molecule has 15 nitrogen and oxygen atoms in total. The number of hydrogen-bond donors (Lipinski definition) is 3. The first-order chi connectivity index (χ1) is 31.4. The number of nitrogen functional groups attached to an aromatic ring is 1. The number of nitrogens with two attached hydrogens (primary N) is 2. The van der Waals surface area contributed by atoms with E-state index in [1.807, 2.05) is 74.6 Å². The van der Waals surface area contributed by atoms with Gasteiger partial charge in [0.05, 0.1) is 36.5 Å². The Kier molecular flexibility index (Phi) is 17.6. The molecule has 0 radical (unpaired) electrons. The summed E-state index contributed by atoms with van der Waals surface area (Å²) in [5.74, 6) is 0.568. The highest BCUT2D eigenvalue weighted by Crippen LogP contribution is 2.43. The minimum Gasteiger partial charge on any atom is -0.504 e. The number of halogens is 4. The van der Waals surface area contributed by atoms with Crippen LogP contribution in [0.2, 0.25) is 15.1 Å². The summed E-state index contributed by atoms with van der Waals surface area (Å²) in [6.07, 6.45) is 5.76. The zero-order valence-electron chi connectivity index (χ0n) is 40.7. The summed E-state index contributed by atoms with van der Waals surface area (Å²) >= 11 is 18.5. The van der Waals surface area contributed by atoms with Crippen LogP contribution in [0.15, 0.2) is 59.9 Å². The molecule has 2 aromatic heterocycles. The number of sulfone groups is 3. The van der Waals surface area contributed by atoms with Crippen molar-refractivity contribution in [3.05, 3.63) is 63.2 Å². The van der Waals surface area contributed by atoms with Gasteiger partial charge in [0.2, 0.25) is 11.8 Å². The first-order valence-electron chi connectivity index (χ1n) is 22.6. The van der Waals surface area contributed by atoms with Crippen molar-refractivity contribution < 1.29 is 39.2 Å². The van der Waals surface area contributed by atoms with Crippen molar-refractivity contribution in [1.82, 2.24) is 19.8 Å². The molecule has 69 heavy (non-hydrogen) atoms. The van der Waals surface area contributed by atoms with E-state index in [4.69, 9.17) is 55.1 Å². The summed E-state index contributed by atoms with van der Waals surface area (Å²) in [5, 5.41) is 8.87. The molecule has 0 spiro atoms. The van der Waals surface area contributed by atoms with Gasteiger partial charge in [0.15, 0.2) is 46.4 Å². The number of aromatic nitrogens is 2. The van der Waals surface area contributed by atoms with Crippen LogP contribution in [0.3, 0.4) is 0 Å². The second kappa shape index (κ2) is 21.3. The van der Waals surface area contributed by atoms with Gasteiger partial charge in [0.1, 0.15) is 25.7 Å². The van der Waals surface area contributed by atoms with Crippen molar-refractivity contribution in [3.8, 4) is 5.75 Å². The van der Waals surface area contributed by atoms with Gasteiger partial charge in [0.25, 0.3) is 0 Å². The molecule has 3 aliphatic rings. The van der Waals surface area contributed by atoms with Crippen LogP contribution >= 0.6 is 47.2 Å². The molecule has 0 amide bonds. The quantitative estimate of drug-likeness (QED) is 0.0969. The summed E-state index contributed by atoms with van der Waals surface area (Å²) in [4.78, 5) is 12.9. The minimum atomic E-state index is -3.68. The third kappa shape index (κ3) is 12.0. The molecule has 5 N–H and O–H groups in total. The summed E-state index contributed by atoms with van der Waals surface area (Å²) in [5.41, 5.74) is 12.4. The second-order valence-corrected chi connectivity index (χ2v) is 28.5. The van der Waals surface area contributed by atoms with Gasteiger partial charge in [-0.3, -0.25) is 0 Å². The summed E-state index contributed by atoms with van der Waals surface area (Å²) in [6.45, 7) is 11.8. The van der Waals surface area contributed by atoms with E-state index >= 15 is 0 Å². The predicted octanol–water partition coefficient (Wildman–Crippen LogP) is 9.77. The zero-order chi connectivity index (χ0) is 50.6. The number of nitrogens with zero attached hydrogens (tertiary/aromatic N) is 4. The second-order valence-electron chi connectivity index (χ2n) is 20.7. The number of phenolic OH excluding ortho intramolecular Hbond substituents is 1. The molecule has 384 valence electrons. The van der Waals surface area contributed by atoms with E-state index in [1.165, 1.54) is 12.1 Å². The van der Waals surface area contributed by atoms with Crippen LogP contribution in [-0.4, -0.2) is 112 Å². The normalized spacial score (nSPS) is 22.4. The van der Waals surface area contributed by atoms with Gasteiger partial charge in [-0.15, -0.1) is 12.4 Å². The number of aromatic hydroxyl groups is 1. The maximum atomic E-state index is 13.3. The number of fused-ring (bicyclic) bond motifs is 2. The third-order valence-corrected chi connectivity index (χ3v) is 21.2. The molecule has 3 aliphatic carbocycles. The average Bonchev–Trinajstić information content (AvgIpc) is 4.08. The van der Waals surface area contributed by atoms with Gasteiger partial charge >= 0.3 is 0 Å². The lowest BCUT2D eigenvalue weighted by molar-refractivity contribution is 0.299. The number of rotatable bonds is 8. The standard InChI is InChI=1S/C18H25ClN2O3S.C16H21ClN2O3S.C13H19ClN2O3S.ClH/c1-18(2,3)17-20-14-9-8-13(19)16(15(14)24-17)25(22,23)12-7-6-11(10-12)21(4)5;1-16(2,3)15-19-12-7-6-11(17)14(13(12)22-15)23(20,21)10-5-4-9(18)8-10;1-16(2)8-3-4-9(7-8)20(18,19)13-10(14)5-6-11(15)12(13)17;/h8-9,11-12H,6-7,10H2,1-5H3;6-7,9-10H,4-5,8,18H2,1-3H3;5-6,8-9,17H,3-4,7,15H2,1-2H3;1H/t11-,12?;9-,10?;8-,9?;/m111./s1. The fourth-order valence-corrected chi connectivity index (χ4v) is 16.4. The van der Waals surface area contributed by atoms with Crippen LogP contribution in [-0.2, 0) is 40.3 Å². The SMILES string of the molecule is CC(C)(C)c1nc2ccc(Cl)c(S(=O)(=O)C3CC[C@@H](N)C3)c2o1.CN(C)[C@@H]1CCC(S(=O)(=O)c2c(Cl)ccc(N)c2O)C1.CN(C)[C@@H]1CCC(S(=O)(=O)c2c(Cl)ccc3nc(C(C)(C)C)oc23)C1.Cl. The van der Waals surface area contributed by atoms with Crippen molar-refractivity contribution in [2.24, 2.45) is 5.73 Å². The Bertz CT molecular complexity index is 3000. The van der Waals surface area contributed by atoms with E-state index in [-0.39, 0.29) is 88.0 Å². The van der Waals surface area contributed by atoms with Gasteiger partial charge in [-0.2, -0.15) is 0 Å². The molecule has 0 bridgehead atoms. The van der Waals surface area contributed by atoms with Gasteiger partial charge < -0.3 is 35.2 Å². The zero-order valence-corrected chi connectivity index (χ0v) is 46.2.